The van der Waals surface area contributed by atoms with E-state index >= 15 is 0 Å². The molecule has 2 amide bonds. The van der Waals surface area contributed by atoms with Gasteiger partial charge in [-0.3, -0.25) is 15.0 Å². The zero-order valence-electron chi connectivity index (χ0n) is 17.9. The van der Waals surface area contributed by atoms with Gasteiger partial charge in [0.2, 0.25) is 5.91 Å². The van der Waals surface area contributed by atoms with Crippen LogP contribution in [0, 0.1) is 5.41 Å². The van der Waals surface area contributed by atoms with Crippen molar-refractivity contribution >= 4 is 35.4 Å². The molecule has 12 nitrogen and oxygen atoms in total. The van der Waals surface area contributed by atoms with Gasteiger partial charge in [0.15, 0.2) is 17.5 Å². The van der Waals surface area contributed by atoms with Gasteiger partial charge in [0, 0.05) is 5.69 Å². The van der Waals surface area contributed by atoms with Gasteiger partial charge in [0.1, 0.15) is 6.04 Å². The zero-order chi connectivity index (χ0) is 24.8. The molecule has 0 bridgehead atoms. The van der Waals surface area contributed by atoms with E-state index in [9.17, 15) is 24.3 Å². The largest absolute Gasteiger partial charge is 0.489 e. The second-order valence-electron chi connectivity index (χ2n) is 7.42. The van der Waals surface area contributed by atoms with Crippen molar-refractivity contribution in [3.63, 3.8) is 0 Å². The molecule has 0 aliphatic carbocycles. The highest BCUT2D eigenvalue weighted by atomic mass is 16.6. The number of para-hydroxylation sites is 1. The van der Waals surface area contributed by atoms with Crippen LogP contribution in [-0.4, -0.2) is 47.5 Å². The molecule has 8 N–H and O–H groups in total. The predicted molar refractivity (Wildman–Crippen MR) is 120 cm³/mol. The Morgan fingerprint density at radius 2 is 1.94 bits per heavy atom. The number of carboxylic acid groups (broad SMARTS) is 1. The second kappa shape index (κ2) is 10.3. The lowest BCUT2D eigenvalue weighted by atomic mass is 10.0. The van der Waals surface area contributed by atoms with E-state index in [4.69, 9.17) is 26.4 Å². The Bertz CT molecular complexity index is 1160. The normalized spacial score (nSPS) is 13.7. The molecule has 12 heteroatoms. The van der Waals surface area contributed by atoms with E-state index in [1.807, 2.05) is 0 Å². The molecule has 0 saturated heterocycles. The number of benzene rings is 2. The topological polar surface area (TPSA) is 207 Å². The molecule has 178 valence electrons. The molecule has 2 aromatic carbocycles. The van der Waals surface area contributed by atoms with Gasteiger partial charge >= 0.3 is 11.9 Å². The first-order chi connectivity index (χ1) is 16.2. The third-order valence-electron chi connectivity index (χ3n) is 4.88. The summed E-state index contributed by atoms with van der Waals surface area (Å²) in [5.74, 6) is -4.15. The molecule has 0 fully saturated rings. The lowest BCUT2D eigenvalue weighted by Crippen LogP contribution is -2.43. The van der Waals surface area contributed by atoms with Gasteiger partial charge in [-0.05, 0) is 48.7 Å². The quantitative estimate of drug-likeness (QED) is 0.151. The fraction of sp³-hybridized carbons (Fsp3) is 0.227. The lowest BCUT2D eigenvalue weighted by Gasteiger charge is -2.20. The molecular formula is C22H23N5O7. The first-order valence-electron chi connectivity index (χ1n) is 10.2. The standard InChI is InChI=1S/C22H23N5O7/c23-17(28)10-15(20(30)31)27-19(29)14-4-1-5-16-18(14)33-8-2-3-11-9-12(26-22(24)25)6-7-13(11)21(32)34-16/h1,4-7,9,15H,2-3,8,10H2,(H2,23,28)(H,27,29)(H,30,31)(H4,24,25,26)/t15-/m0/s1. The number of aryl methyl sites for hydroxylation is 1. The average Bonchev–Trinajstić information content (AvgIpc) is 2.75. The summed E-state index contributed by atoms with van der Waals surface area (Å²) in [6.45, 7) is 0.155. The van der Waals surface area contributed by atoms with Gasteiger partial charge in [-0.15, -0.1) is 0 Å². The molecule has 3 rings (SSSR count). The van der Waals surface area contributed by atoms with Crippen LogP contribution in [0.2, 0.25) is 0 Å². The van der Waals surface area contributed by atoms with E-state index in [-0.39, 0.29) is 29.6 Å². The number of anilines is 1. The van der Waals surface area contributed by atoms with Crippen molar-refractivity contribution in [2.24, 2.45) is 11.5 Å². The number of hydrogen-bond donors (Lipinski definition) is 6. The minimum absolute atomic E-state index is 0.0294. The Kier molecular flexibility index (Phi) is 7.31. The summed E-state index contributed by atoms with van der Waals surface area (Å²) in [6, 6.07) is 7.55. The van der Waals surface area contributed by atoms with Crippen LogP contribution in [0.5, 0.6) is 11.5 Å². The summed E-state index contributed by atoms with van der Waals surface area (Å²) >= 11 is 0. The summed E-state index contributed by atoms with van der Waals surface area (Å²) in [5, 5.41) is 21.5. The monoisotopic (exact) mass is 469 g/mol. The number of amides is 2. The Labute approximate surface area is 193 Å². The van der Waals surface area contributed by atoms with Crippen molar-refractivity contribution in [1.82, 2.24) is 5.32 Å². The summed E-state index contributed by atoms with van der Waals surface area (Å²) < 4.78 is 11.3. The first-order valence-corrected chi connectivity index (χ1v) is 10.2. The fourth-order valence-corrected chi connectivity index (χ4v) is 3.39. The van der Waals surface area contributed by atoms with Gasteiger partial charge in [-0.2, -0.15) is 0 Å². The third kappa shape index (κ3) is 5.79. The maximum Gasteiger partial charge on any atom is 0.343 e. The van der Waals surface area contributed by atoms with Crippen LogP contribution < -0.4 is 31.6 Å². The number of carbonyl (C=O) groups excluding carboxylic acids is 3. The fourth-order valence-electron chi connectivity index (χ4n) is 3.39. The Morgan fingerprint density at radius 3 is 2.62 bits per heavy atom. The molecule has 0 spiro atoms. The molecular weight excluding hydrogens is 446 g/mol. The number of rotatable bonds is 6. The summed E-state index contributed by atoms with van der Waals surface area (Å²) in [5.41, 5.74) is 11.9. The van der Waals surface area contributed by atoms with Gasteiger partial charge in [-0.25, -0.2) is 9.59 Å². The molecule has 0 aromatic heterocycles. The van der Waals surface area contributed by atoms with Crippen molar-refractivity contribution in [1.29, 1.82) is 5.41 Å². The van der Waals surface area contributed by atoms with E-state index < -0.39 is 36.2 Å². The molecule has 1 atom stereocenters. The Morgan fingerprint density at radius 1 is 1.18 bits per heavy atom. The van der Waals surface area contributed by atoms with Crippen LogP contribution >= 0.6 is 0 Å². The number of guanidine groups is 1. The summed E-state index contributed by atoms with van der Waals surface area (Å²) in [6.07, 6.45) is 0.309. The van der Waals surface area contributed by atoms with Crippen molar-refractivity contribution in [2.75, 3.05) is 11.9 Å². The number of esters is 1. The van der Waals surface area contributed by atoms with Gasteiger partial charge < -0.3 is 36.7 Å². The van der Waals surface area contributed by atoms with Crippen LogP contribution in [0.25, 0.3) is 0 Å². The smallest absolute Gasteiger partial charge is 0.343 e. The Hall–Kier alpha value is -4.61. The zero-order valence-corrected chi connectivity index (χ0v) is 17.9. The number of hydrogen-bond acceptors (Lipinski definition) is 7. The number of nitrogens with two attached hydrogens (primary N) is 2. The van der Waals surface area contributed by atoms with Crippen LogP contribution in [-0.2, 0) is 16.0 Å². The number of fused-ring (bicyclic) bond motifs is 2. The predicted octanol–water partition coefficient (Wildman–Crippen LogP) is 0.595. The van der Waals surface area contributed by atoms with Crippen LogP contribution in [0.4, 0.5) is 5.69 Å². The number of carboxylic acids is 1. The molecule has 0 radical (unpaired) electrons. The van der Waals surface area contributed by atoms with Crippen molar-refractivity contribution in [3.05, 3.63) is 53.1 Å². The maximum atomic E-state index is 12.9. The number of aliphatic carboxylic acids is 1. The van der Waals surface area contributed by atoms with Gasteiger partial charge in [-0.1, -0.05) is 6.07 Å². The van der Waals surface area contributed by atoms with Crippen LogP contribution in [0.1, 0.15) is 39.1 Å². The SMILES string of the molecule is N=C(N)Nc1ccc2c(c1)CCCOc1c(cccc1C(=O)N[C@@H](CC(N)=O)C(=O)O)OC2=O. The van der Waals surface area contributed by atoms with E-state index in [1.54, 1.807) is 18.2 Å². The molecule has 2 aromatic rings. The number of nitrogens with one attached hydrogen (secondary N) is 3. The second-order valence-corrected chi connectivity index (χ2v) is 7.42. The number of ether oxygens (including phenoxy) is 2. The summed E-state index contributed by atoms with van der Waals surface area (Å²) in [4.78, 5) is 48.2. The minimum atomic E-state index is -1.53. The highest BCUT2D eigenvalue weighted by molar-refractivity contribution is 6.01. The average molecular weight is 469 g/mol. The van der Waals surface area contributed by atoms with Crippen molar-refractivity contribution in [2.45, 2.75) is 25.3 Å². The highest BCUT2D eigenvalue weighted by Crippen LogP contribution is 2.33. The molecule has 1 heterocycles. The van der Waals surface area contributed by atoms with Crippen LogP contribution in [0.15, 0.2) is 36.4 Å². The van der Waals surface area contributed by atoms with E-state index in [0.717, 1.165) is 0 Å². The van der Waals surface area contributed by atoms with E-state index in [2.05, 4.69) is 10.6 Å². The van der Waals surface area contributed by atoms with Crippen LogP contribution in [0.3, 0.4) is 0 Å². The molecule has 1 aliphatic heterocycles. The molecule has 0 saturated carbocycles. The molecule has 0 unspecified atom stereocenters. The van der Waals surface area contributed by atoms with Gasteiger partial charge in [0.05, 0.1) is 24.2 Å². The minimum Gasteiger partial charge on any atom is -0.489 e. The molecule has 34 heavy (non-hydrogen) atoms. The van der Waals surface area contributed by atoms with Gasteiger partial charge in [0.25, 0.3) is 5.91 Å². The number of primary amides is 1. The highest BCUT2D eigenvalue weighted by Gasteiger charge is 2.27. The first kappa shape index (κ1) is 24.0. The number of carbonyl (C=O) groups is 4. The summed E-state index contributed by atoms with van der Waals surface area (Å²) in [7, 11) is 0. The van der Waals surface area contributed by atoms with E-state index in [0.29, 0.717) is 29.7 Å². The van der Waals surface area contributed by atoms with E-state index in [1.165, 1.54) is 18.2 Å². The molecule has 1 aliphatic rings. The maximum absolute atomic E-state index is 12.9. The lowest BCUT2D eigenvalue weighted by molar-refractivity contribution is -0.140. The third-order valence-corrected chi connectivity index (χ3v) is 4.88. The Balaban J connectivity index is 1.91. The van der Waals surface area contributed by atoms with Crippen molar-refractivity contribution < 1.29 is 33.8 Å². The van der Waals surface area contributed by atoms with Crippen molar-refractivity contribution in [3.8, 4) is 11.5 Å².